The number of hydrogen-bond acceptors (Lipinski definition) is 5. The van der Waals surface area contributed by atoms with Crippen molar-refractivity contribution in [3.8, 4) is 0 Å². The highest BCUT2D eigenvalue weighted by Gasteiger charge is 2.19. The number of aromatic nitrogens is 2. The molecule has 5 heteroatoms. The lowest BCUT2D eigenvalue weighted by molar-refractivity contribution is 0.112. The maximum absolute atomic E-state index is 5.28. The molecule has 1 fully saturated rings. The molecule has 0 N–H and O–H groups in total. The summed E-state index contributed by atoms with van der Waals surface area (Å²) in [6, 6.07) is 8.78. The molecule has 1 aliphatic heterocycles. The number of nitrogens with zero attached hydrogens (tertiary/aromatic N) is 4. The van der Waals surface area contributed by atoms with Gasteiger partial charge in [0.2, 0.25) is 5.89 Å². The summed E-state index contributed by atoms with van der Waals surface area (Å²) in [5.74, 6) is 1.54. The predicted molar refractivity (Wildman–Crippen MR) is 85.4 cm³/mol. The van der Waals surface area contributed by atoms with Gasteiger partial charge in [-0.15, -0.1) is 0 Å². The lowest BCUT2D eigenvalue weighted by Crippen LogP contribution is -2.45. The first-order valence-electron chi connectivity index (χ1n) is 8.04. The van der Waals surface area contributed by atoms with Crippen molar-refractivity contribution < 1.29 is 4.52 Å². The van der Waals surface area contributed by atoms with Crippen LogP contribution in [0.1, 0.15) is 29.8 Å². The van der Waals surface area contributed by atoms with Crippen LogP contribution < -0.4 is 0 Å². The summed E-state index contributed by atoms with van der Waals surface area (Å²) < 4.78 is 5.28. The number of piperazine rings is 1. The molecule has 0 unspecified atom stereocenters. The van der Waals surface area contributed by atoms with E-state index in [1.165, 1.54) is 11.1 Å². The Kier molecular flexibility index (Phi) is 4.85. The van der Waals surface area contributed by atoms with Gasteiger partial charge < -0.3 is 4.52 Å². The van der Waals surface area contributed by atoms with Gasteiger partial charge in [0, 0.05) is 39.1 Å². The van der Waals surface area contributed by atoms with Crippen LogP contribution in [0.2, 0.25) is 0 Å². The third kappa shape index (κ3) is 3.93. The maximum atomic E-state index is 5.28. The molecule has 0 aliphatic carbocycles. The van der Waals surface area contributed by atoms with Crippen LogP contribution >= 0.6 is 0 Å². The van der Waals surface area contributed by atoms with E-state index in [2.05, 4.69) is 51.1 Å². The molecule has 1 aromatic heterocycles. The lowest BCUT2D eigenvalue weighted by atomic mass is 10.1. The van der Waals surface area contributed by atoms with E-state index in [9.17, 15) is 0 Å². The number of benzene rings is 1. The monoisotopic (exact) mass is 300 g/mol. The van der Waals surface area contributed by atoms with E-state index >= 15 is 0 Å². The van der Waals surface area contributed by atoms with E-state index in [1.54, 1.807) is 0 Å². The van der Waals surface area contributed by atoms with Crippen molar-refractivity contribution in [3.05, 3.63) is 47.1 Å². The third-order valence-corrected chi connectivity index (χ3v) is 4.14. The van der Waals surface area contributed by atoms with E-state index < -0.39 is 0 Å². The minimum Gasteiger partial charge on any atom is -0.338 e. The lowest BCUT2D eigenvalue weighted by Gasteiger charge is -2.33. The van der Waals surface area contributed by atoms with Crippen LogP contribution in [0.15, 0.2) is 28.8 Å². The second-order valence-corrected chi connectivity index (χ2v) is 6.00. The summed E-state index contributed by atoms with van der Waals surface area (Å²) in [6.07, 6.45) is 0.827. The zero-order valence-electron chi connectivity index (χ0n) is 13.5. The molecule has 0 spiro atoms. The van der Waals surface area contributed by atoms with Crippen LogP contribution in [0, 0.1) is 6.92 Å². The highest BCUT2D eigenvalue weighted by Crippen LogP contribution is 2.12. The molecule has 1 aliphatic rings. The molecule has 0 atom stereocenters. The minimum atomic E-state index is 0.740. The molecule has 0 amide bonds. The molecule has 2 aromatic rings. The smallest absolute Gasteiger partial charge is 0.240 e. The van der Waals surface area contributed by atoms with Gasteiger partial charge in [-0.05, 0) is 12.5 Å². The molecule has 1 aromatic carbocycles. The average Bonchev–Trinajstić information content (AvgIpc) is 2.97. The van der Waals surface area contributed by atoms with Crippen molar-refractivity contribution in [1.82, 2.24) is 19.9 Å². The van der Waals surface area contributed by atoms with Crippen molar-refractivity contribution in [1.29, 1.82) is 0 Å². The van der Waals surface area contributed by atoms with Gasteiger partial charge in [-0.25, -0.2) is 0 Å². The number of hydrogen-bond donors (Lipinski definition) is 0. The molecule has 0 radical (unpaired) electrons. The van der Waals surface area contributed by atoms with Crippen molar-refractivity contribution in [2.75, 3.05) is 26.2 Å². The summed E-state index contributed by atoms with van der Waals surface area (Å²) >= 11 is 0. The average molecular weight is 300 g/mol. The second-order valence-electron chi connectivity index (χ2n) is 6.00. The summed E-state index contributed by atoms with van der Waals surface area (Å²) in [6.45, 7) is 10.3. The summed E-state index contributed by atoms with van der Waals surface area (Å²) in [7, 11) is 0. The number of aryl methyl sites for hydroxylation is 2. The van der Waals surface area contributed by atoms with Crippen molar-refractivity contribution in [2.24, 2.45) is 0 Å². The van der Waals surface area contributed by atoms with Crippen molar-refractivity contribution in [3.63, 3.8) is 0 Å². The Balaban J connectivity index is 1.47. The molecular formula is C17H24N4O. The van der Waals surface area contributed by atoms with Gasteiger partial charge >= 0.3 is 0 Å². The van der Waals surface area contributed by atoms with Crippen LogP contribution in [0.3, 0.4) is 0 Å². The van der Waals surface area contributed by atoms with E-state index in [0.717, 1.165) is 57.4 Å². The summed E-state index contributed by atoms with van der Waals surface area (Å²) in [5.41, 5.74) is 2.73. The topological polar surface area (TPSA) is 45.4 Å². The maximum Gasteiger partial charge on any atom is 0.240 e. The van der Waals surface area contributed by atoms with Gasteiger partial charge in [0.15, 0.2) is 5.82 Å². The Morgan fingerprint density at radius 3 is 2.45 bits per heavy atom. The Morgan fingerprint density at radius 1 is 1.09 bits per heavy atom. The Bertz CT molecular complexity index is 602. The highest BCUT2D eigenvalue weighted by atomic mass is 16.5. The van der Waals surface area contributed by atoms with Gasteiger partial charge in [-0.3, -0.25) is 9.80 Å². The van der Waals surface area contributed by atoms with Crippen LogP contribution in [-0.2, 0) is 19.5 Å². The SMILES string of the molecule is CCc1noc(CN2CCN(Cc3cccc(C)c3)CC2)n1. The van der Waals surface area contributed by atoms with Crippen LogP contribution in [0.25, 0.3) is 0 Å². The Morgan fingerprint density at radius 2 is 1.82 bits per heavy atom. The van der Waals surface area contributed by atoms with Gasteiger partial charge in [0.1, 0.15) is 0 Å². The molecule has 1 saturated heterocycles. The molecule has 2 heterocycles. The van der Waals surface area contributed by atoms with Crippen LogP contribution in [0.5, 0.6) is 0 Å². The van der Waals surface area contributed by atoms with Gasteiger partial charge in [-0.1, -0.05) is 41.9 Å². The Labute approximate surface area is 131 Å². The first-order chi connectivity index (χ1) is 10.7. The molecule has 22 heavy (non-hydrogen) atoms. The van der Waals surface area contributed by atoms with Crippen molar-refractivity contribution >= 4 is 0 Å². The summed E-state index contributed by atoms with van der Waals surface area (Å²) in [5, 5.41) is 3.96. The van der Waals surface area contributed by atoms with Gasteiger partial charge in [0.25, 0.3) is 0 Å². The fourth-order valence-corrected chi connectivity index (χ4v) is 2.86. The fraction of sp³-hybridized carbons (Fsp3) is 0.529. The Hall–Kier alpha value is -1.72. The van der Waals surface area contributed by atoms with Crippen molar-refractivity contribution in [2.45, 2.75) is 33.4 Å². The molecule has 118 valence electrons. The zero-order valence-corrected chi connectivity index (χ0v) is 13.5. The normalized spacial score (nSPS) is 17.0. The predicted octanol–water partition coefficient (Wildman–Crippen LogP) is 2.26. The largest absolute Gasteiger partial charge is 0.338 e. The summed E-state index contributed by atoms with van der Waals surface area (Å²) in [4.78, 5) is 9.29. The standard InChI is InChI=1S/C17H24N4O/c1-3-16-18-17(22-19-16)13-21-9-7-20(8-10-21)12-15-6-4-5-14(2)11-15/h4-6,11H,3,7-10,12-13H2,1-2H3. The fourth-order valence-electron chi connectivity index (χ4n) is 2.86. The van der Waals surface area contributed by atoms with E-state index in [-0.39, 0.29) is 0 Å². The molecule has 3 rings (SSSR count). The first kappa shape index (κ1) is 15.2. The van der Waals surface area contributed by atoms with E-state index in [0.29, 0.717) is 0 Å². The highest BCUT2D eigenvalue weighted by molar-refractivity contribution is 5.22. The first-order valence-corrected chi connectivity index (χ1v) is 8.04. The van der Waals surface area contributed by atoms with Crippen LogP contribution in [-0.4, -0.2) is 46.1 Å². The van der Waals surface area contributed by atoms with Crippen LogP contribution in [0.4, 0.5) is 0 Å². The van der Waals surface area contributed by atoms with E-state index in [1.807, 2.05) is 6.92 Å². The minimum absolute atomic E-state index is 0.740. The van der Waals surface area contributed by atoms with Gasteiger partial charge in [-0.2, -0.15) is 4.98 Å². The third-order valence-electron chi connectivity index (χ3n) is 4.14. The zero-order chi connectivity index (χ0) is 15.4. The van der Waals surface area contributed by atoms with Gasteiger partial charge in [0.05, 0.1) is 6.54 Å². The molecule has 0 bridgehead atoms. The molecular weight excluding hydrogens is 276 g/mol. The molecule has 0 saturated carbocycles. The molecule has 5 nitrogen and oxygen atoms in total. The second kappa shape index (κ2) is 7.03. The van der Waals surface area contributed by atoms with E-state index in [4.69, 9.17) is 4.52 Å². The number of rotatable bonds is 5. The quantitative estimate of drug-likeness (QED) is 0.847.